The third kappa shape index (κ3) is 4.75. The van der Waals surface area contributed by atoms with E-state index in [2.05, 4.69) is 0 Å². The molecule has 0 spiro atoms. The molecule has 0 saturated carbocycles. The van der Waals surface area contributed by atoms with E-state index >= 15 is 0 Å². The van der Waals surface area contributed by atoms with Gasteiger partial charge in [0.1, 0.15) is 5.75 Å². The first-order chi connectivity index (χ1) is 11.8. The second kappa shape index (κ2) is 9.12. The van der Waals surface area contributed by atoms with Crippen LogP contribution in [0.4, 0.5) is 5.69 Å². The van der Waals surface area contributed by atoms with Gasteiger partial charge >= 0.3 is 0 Å². The summed E-state index contributed by atoms with van der Waals surface area (Å²) in [6.45, 7) is 2.48. The number of nitrogens with zero attached hydrogens (tertiary/aromatic N) is 1. The Morgan fingerprint density at radius 1 is 0.880 bits per heavy atom. The molecule has 4 heteroatoms. The van der Waals surface area contributed by atoms with Gasteiger partial charge in [-0.3, -0.25) is 0 Å². The van der Waals surface area contributed by atoms with Gasteiger partial charge in [0, 0.05) is 25.1 Å². The molecule has 3 aromatic rings. The van der Waals surface area contributed by atoms with Crippen LogP contribution in [0.5, 0.6) is 11.5 Å². The standard InChI is InChI=1S/C21H18NO2.V/c1-17-9-5-6-10-18(17)15-22(16-23)20-13-7-8-14-21(20)24-19-11-3-2-4-12-19;/h2-14H,15H2,1H3;/q-1;. The van der Waals surface area contributed by atoms with E-state index in [0.717, 1.165) is 16.9 Å². The van der Waals surface area contributed by atoms with Crippen molar-refractivity contribution in [2.45, 2.75) is 13.5 Å². The maximum Gasteiger partial charge on any atom is 0.125 e. The van der Waals surface area contributed by atoms with Gasteiger partial charge in [0.05, 0.1) is 12.2 Å². The minimum absolute atomic E-state index is 0. The van der Waals surface area contributed by atoms with Crippen LogP contribution in [0.1, 0.15) is 11.1 Å². The molecule has 0 atom stereocenters. The van der Waals surface area contributed by atoms with Crippen LogP contribution in [0, 0.1) is 6.92 Å². The van der Waals surface area contributed by atoms with Crippen LogP contribution in [-0.2, 0) is 29.9 Å². The van der Waals surface area contributed by atoms with Crippen molar-refractivity contribution in [1.82, 2.24) is 0 Å². The number of carbonyl (C=O) groups excluding carboxylic acids is 1. The summed E-state index contributed by atoms with van der Waals surface area (Å²) in [5.74, 6) is 1.35. The Labute approximate surface area is 160 Å². The van der Waals surface area contributed by atoms with E-state index in [1.54, 1.807) is 4.90 Å². The fourth-order valence-corrected chi connectivity index (χ4v) is 2.51. The Morgan fingerprint density at radius 2 is 1.52 bits per heavy atom. The van der Waals surface area contributed by atoms with Gasteiger partial charge in [-0.1, -0.05) is 60.3 Å². The van der Waals surface area contributed by atoms with Crippen molar-refractivity contribution >= 4 is 12.1 Å². The molecule has 0 aromatic heterocycles. The van der Waals surface area contributed by atoms with E-state index in [1.165, 1.54) is 0 Å². The van der Waals surface area contributed by atoms with Crippen molar-refractivity contribution < 1.29 is 28.1 Å². The molecule has 0 heterocycles. The molecular formula is C21H18NO2V-. The monoisotopic (exact) mass is 367 g/mol. The molecule has 0 N–H and O–H groups in total. The summed E-state index contributed by atoms with van der Waals surface area (Å²) in [6.07, 6.45) is 2.02. The molecular weight excluding hydrogens is 349 g/mol. The van der Waals surface area contributed by atoms with Crippen molar-refractivity contribution in [3.8, 4) is 11.5 Å². The molecule has 25 heavy (non-hydrogen) atoms. The molecule has 0 aliphatic carbocycles. The molecule has 3 rings (SSSR count). The Hall–Kier alpha value is -2.49. The molecule has 0 fully saturated rings. The van der Waals surface area contributed by atoms with E-state index in [-0.39, 0.29) is 18.6 Å². The van der Waals surface area contributed by atoms with Crippen LogP contribution in [-0.4, -0.2) is 6.41 Å². The Balaban J connectivity index is 0.00000225. The molecule has 3 nitrogen and oxygen atoms in total. The van der Waals surface area contributed by atoms with Gasteiger partial charge in [-0.05, 0) is 36.2 Å². The van der Waals surface area contributed by atoms with Gasteiger partial charge in [0.2, 0.25) is 0 Å². The topological polar surface area (TPSA) is 29.5 Å². The van der Waals surface area contributed by atoms with E-state index in [0.29, 0.717) is 18.0 Å². The summed E-state index contributed by atoms with van der Waals surface area (Å²) in [4.78, 5) is 13.1. The molecule has 1 amide bonds. The van der Waals surface area contributed by atoms with Crippen LogP contribution < -0.4 is 9.64 Å². The number of rotatable bonds is 6. The third-order valence-corrected chi connectivity index (χ3v) is 3.83. The van der Waals surface area contributed by atoms with Crippen molar-refractivity contribution in [2.24, 2.45) is 0 Å². The van der Waals surface area contributed by atoms with Crippen LogP contribution in [0.3, 0.4) is 0 Å². The SMILES string of the molecule is Cc1ccccc1CN([C-]=O)c1ccccc1Oc1ccccc1.[V]. The fraction of sp³-hybridized carbons (Fsp3) is 0.0952. The zero-order valence-electron chi connectivity index (χ0n) is 13.9. The van der Waals surface area contributed by atoms with Crippen molar-refractivity contribution in [1.29, 1.82) is 0 Å². The molecule has 0 saturated heterocycles. The number of aryl methyl sites for hydroxylation is 1. The molecule has 0 bridgehead atoms. The normalized spacial score (nSPS) is 9.80. The van der Waals surface area contributed by atoms with Gasteiger partial charge in [-0.15, -0.1) is 6.07 Å². The first kappa shape index (κ1) is 18.8. The van der Waals surface area contributed by atoms with Gasteiger partial charge in [0.25, 0.3) is 0 Å². The summed E-state index contributed by atoms with van der Waals surface area (Å²) in [6, 6.07) is 25.0. The van der Waals surface area contributed by atoms with E-state index in [1.807, 2.05) is 92.2 Å². The van der Waals surface area contributed by atoms with Gasteiger partial charge in [-0.2, -0.15) is 0 Å². The minimum Gasteiger partial charge on any atom is -0.474 e. The van der Waals surface area contributed by atoms with E-state index < -0.39 is 0 Å². The Morgan fingerprint density at radius 3 is 2.24 bits per heavy atom. The average molecular weight is 367 g/mol. The zero-order chi connectivity index (χ0) is 16.8. The molecule has 125 valence electrons. The maximum atomic E-state index is 11.6. The van der Waals surface area contributed by atoms with E-state index in [4.69, 9.17) is 4.74 Å². The predicted octanol–water partition coefficient (Wildman–Crippen LogP) is 4.86. The summed E-state index contributed by atoms with van der Waals surface area (Å²) < 4.78 is 5.94. The smallest absolute Gasteiger partial charge is 0.125 e. The van der Waals surface area contributed by atoms with Crippen LogP contribution in [0.25, 0.3) is 0 Å². The average Bonchev–Trinajstić information content (AvgIpc) is 2.63. The zero-order valence-corrected chi connectivity index (χ0v) is 15.3. The quantitative estimate of drug-likeness (QED) is 0.460. The van der Waals surface area contributed by atoms with Crippen LogP contribution in [0.2, 0.25) is 0 Å². The van der Waals surface area contributed by atoms with Gasteiger partial charge in [0.15, 0.2) is 0 Å². The largest absolute Gasteiger partial charge is 0.474 e. The Bertz CT molecular complexity index is 821. The summed E-state index contributed by atoms with van der Waals surface area (Å²) in [5.41, 5.74) is 2.91. The number of ether oxygens (including phenoxy) is 1. The molecule has 0 aliphatic heterocycles. The molecule has 0 aliphatic rings. The second-order valence-electron chi connectivity index (χ2n) is 5.49. The van der Waals surface area contributed by atoms with Crippen LogP contribution in [0.15, 0.2) is 78.9 Å². The first-order valence-electron chi connectivity index (χ1n) is 7.79. The van der Waals surface area contributed by atoms with Gasteiger partial charge < -0.3 is 14.4 Å². The molecule has 0 unspecified atom stereocenters. The minimum atomic E-state index is 0. The number of amides is 1. The van der Waals surface area contributed by atoms with Crippen molar-refractivity contribution in [3.63, 3.8) is 0 Å². The maximum absolute atomic E-state index is 11.6. The van der Waals surface area contributed by atoms with E-state index in [9.17, 15) is 4.79 Å². The molecule has 3 aromatic carbocycles. The summed E-state index contributed by atoms with van der Waals surface area (Å²) in [7, 11) is 0. The number of anilines is 1. The third-order valence-electron chi connectivity index (χ3n) is 3.83. The Kier molecular flexibility index (Phi) is 6.87. The second-order valence-corrected chi connectivity index (χ2v) is 5.49. The molecule has 1 radical (unpaired) electrons. The summed E-state index contributed by atoms with van der Waals surface area (Å²) >= 11 is 0. The van der Waals surface area contributed by atoms with Gasteiger partial charge in [-0.25, -0.2) is 0 Å². The van der Waals surface area contributed by atoms with Crippen LogP contribution >= 0.6 is 0 Å². The first-order valence-corrected chi connectivity index (χ1v) is 7.79. The predicted molar refractivity (Wildman–Crippen MR) is 96.0 cm³/mol. The summed E-state index contributed by atoms with van der Waals surface area (Å²) in [5, 5.41) is 0. The van der Waals surface area contributed by atoms with Crippen molar-refractivity contribution in [2.75, 3.05) is 4.90 Å². The number of para-hydroxylation sites is 3. The van der Waals surface area contributed by atoms with Crippen molar-refractivity contribution in [3.05, 3.63) is 90.0 Å². The fourth-order valence-electron chi connectivity index (χ4n) is 2.51. The number of hydrogen-bond donors (Lipinski definition) is 0. The number of benzene rings is 3. The number of hydrogen-bond acceptors (Lipinski definition) is 2.